The van der Waals surface area contributed by atoms with Crippen LogP contribution in [-0.2, 0) is 17.8 Å². The van der Waals surface area contributed by atoms with E-state index in [-0.39, 0.29) is 0 Å². The molecule has 1 heterocycles. The Morgan fingerprint density at radius 3 is 2.45 bits per heavy atom. The van der Waals surface area contributed by atoms with Gasteiger partial charge in [-0.05, 0) is 35.7 Å². The first-order valence-electron chi connectivity index (χ1n) is 7.99. The van der Waals surface area contributed by atoms with Crippen molar-refractivity contribution in [3.8, 4) is 0 Å². The van der Waals surface area contributed by atoms with Gasteiger partial charge in [0.2, 0.25) is 0 Å². The fraction of sp³-hybridized carbons (Fsp3) is 0.368. The van der Waals surface area contributed by atoms with Crippen molar-refractivity contribution in [1.29, 1.82) is 0 Å². The van der Waals surface area contributed by atoms with E-state index in [0.29, 0.717) is 0 Å². The van der Waals surface area contributed by atoms with Crippen LogP contribution in [-0.4, -0.2) is 31.2 Å². The Balaban J connectivity index is 1.54. The number of aryl methyl sites for hydroxylation is 1. The molecule has 0 radical (unpaired) electrons. The molecule has 1 aliphatic rings. The maximum Gasteiger partial charge on any atom is 0.0594 e. The van der Waals surface area contributed by atoms with E-state index in [1.807, 2.05) is 0 Å². The normalized spacial score (nSPS) is 15.7. The summed E-state index contributed by atoms with van der Waals surface area (Å²) in [7, 11) is 0. The van der Waals surface area contributed by atoms with E-state index in [1.54, 1.807) is 0 Å². The molecule has 3 heteroatoms. The van der Waals surface area contributed by atoms with Crippen molar-refractivity contribution in [1.82, 2.24) is 4.90 Å². The summed E-state index contributed by atoms with van der Waals surface area (Å²) >= 11 is 0. The highest BCUT2D eigenvalue weighted by Gasteiger charge is 2.10. The zero-order valence-electron chi connectivity index (χ0n) is 13.2. The Kier molecular flexibility index (Phi) is 5.09. The number of rotatable bonds is 5. The quantitative estimate of drug-likeness (QED) is 0.914. The lowest BCUT2D eigenvalue weighted by atomic mass is 10.1. The third kappa shape index (κ3) is 4.09. The van der Waals surface area contributed by atoms with Crippen molar-refractivity contribution in [2.75, 3.05) is 31.6 Å². The molecule has 116 valence electrons. The van der Waals surface area contributed by atoms with Gasteiger partial charge in [-0.1, -0.05) is 36.4 Å². The number of nitrogens with zero attached hydrogens (tertiary/aromatic N) is 1. The van der Waals surface area contributed by atoms with Crippen LogP contribution in [0.5, 0.6) is 0 Å². The van der Waals surface area contributed by atoms with Crippen molar-refractivity contribution in [3.63, 3.8) is 0 Å². The fourth-order valence-electron chi connectivity index (χ4n) is 2.75. The highest BCUT2D eigenvalue weighted by atomic mass is 16.5. The van der Waals surface area contributed by atoms with Gasteiger partial charge in [-0.15, -0.1) is 0 Å². The zero-order chi connectivity index (χ0) is 15.2. The molecular weight excluding hydrogens is 272 g/mol. The molecule has 0 atom stereocenters. The van der Waals surface area contributed by atoms with E-state index < -0.39 is 0 Å². The standard InChI is InChI=1S/C19H24N2O/c1-16-4-2-3-5-18(16)14-20-19-8-6-17(7-9-19)15-21-10-12-22-13-11-21/h2-9,20H,10-15H2,1H3. The lowest BCUT2D eigenvalue weighted by Gasteiger charge is -2.26. The molecule has 0 amide bonds. The third-order valence-electron chi connectivity index (χ3n) is 4.21. The van der Waals surface area contributed by atoms with Crippen LogP contribution in [0.15, 0.2) is 48.5 Å². The average molecular weight is 296 g/mol. The highest BCUT2D eigenvalue weighted by molar-refractivity contribution is 5.45. The Labute approximate surface area is 132 Å². The Morgan fingerprint density at radius 2 is 1.73 bits per heavy atom. The van der Waals surface area contributed by atoms with Crippen LogP contribution in [0.2, 0.25) is 0 Å². The first-order chi connectivity index (χ1) is 10.8. The topological polar surface area (TPSA) is 24.5 Å². The van der Waals surface area contributed by atoms with Crippen molar-refractivity contribution in [3.05, 3.63) is 65.2 Å². The van der Waals surface area contributed by atoms with Crippen LogP contribution < -0.4 is 5.32 Å². The molecule has 0 aliphatic carbocycles. The summed E-state index contributed by atoms with van der Waals surface area (Å²) in [5, 5.41) is 3.50. The zero-order valence-corrected chi connectivity index (χ0v) is 13.2. The summed E-state index contributed by atoms with van der Waals surface area (Å²) in [4.78, 5) is 2.44. The predicted octanol–water partition coefficient (Wildman–Crippen LogP) is 3.44. The number of nitrogens with one attached hydrogen (secondary N) is 1. The summed E-state index contributed by atoms with van der Waals surface area (Å²) < 4.78 is 5.39. The molecule has 2 aromatic carbocycles. The van der Waals surface area contributed by atoms with Crippen molar-refractivity contribution < 1.29 is 4.74 Å². The van der Waals surface area contributed by atoms with Crippen LogP contribution in [0.1, 0.15) is 16.7 Å². The summed E-state index contributed by atoms with van der Waals surface area (Å²) in [6.45, 7) is 7.83. The second kappa shape index (κ2) is 7.43. The molecule has 0 unspecified atom stereocenters. The fourth-order valence-corrected chi connectivity index (χ4v) is 2.75. The van der Waals surface area contributed by atoms with E-state index in [0.717, 1.165) is 39.4 Å². The molecule has 0 saturated carbocycles. The predicted molar refractivity (Wildman–Crippen MR) is 91.0 cm³/mol. The monoisotopic (exact) mass is 296 g/mol. The van der Waals surface area contributed by atoms with Gasteiger partial charge in [-0.3, -0.25) is 4.90 Å². The number of hydrogen-bond donors (Lipinski definition) is 1. The third-order valence-corrected chi connectivity index (χ3v) is 4.21. The van der Waals surface area contributed by atoms with Crippen LogP contribution in [0.3, 0.4) is 0 Å². The van der Waals surface area contributed by atoms with E-state index in [4.69, 9.17) is 4.74 Å². The van der Waals surface area contributed by atoms with E-state index in [2.05, 4.69) is 65.7 Å². The molecule has 0 aromatic heterocycles. The molecule has 3 nitrogen and oxygen atoms in total. The smallest absolute Gasteiger partial charge is 0.0594 e. The van der Waals surface area contributed by atoms with Gasteiger partial charge < -0.3 is 10.1 Å². The molecule has 0 bridgehead atoms. The largest absolute Gasteiger partial charge is 0.381 e. The molecule has 1 aliphatic heterocycles. The van der Waals surface area contributed by atoms with Crippen LogP contribution in [0, 0.1) is 6.92 Å². The molecule has 1 saturated heterocycles. The number of anilines is 1. The number of benzene rings is 2. The number of morpholine rings is 1. The van der Waals surface area contributed by atoms with Gasteiger partial charge in [-0.2, -0.15) is 0 Å². The Morgan fingerprint density at radius 1 is 1.00 bits per heavy atom. The summed E-state index contributed by atoms with van der Waals surface area (Å²) in [6, 6.07) is 17.3. The maximum atomic E-state index is 5.39. The Hall–Kier alpha value is -1.84. The van der Waals surface area contributed by atoms with E-state index in [9.17, 15) is 0 Å². The minimum atomic E-state index is 0.857. The summed E-state index contributed by atoms with van der Waals surface area (Å²) in [5.74, 6) is 0. The van der Waals surface area contributed by atoms with Crippen molar-refractivity contribution >= 4 is 5.69 Å². The van der Waals surface area contributed by atoms with Crippen LogP contribution >= 0.6 is 0 Å². The van der Waals surface area contributed by atoms with Crippen molar-refractivity contribution in [2.45, 2.75) is 20.0 Å². The first kappa shape index (κ1) is 15.1. The van der Waals surface area contributed by atoms with Gasteiger partial charge in [0.15, 0.2) is 0 Å². The lowest BCUT2D eigenvalue weighted by Crippen LogP contribution is -2.35. The van der Waals surface area contributed by atoms with Crippen LogP contribution in [0.4, 0.5) is 5.69 Å². The molecule has 1 N–H and O–H groups in total. The minimum absolute atomic E-state index is 0.857. The maximum absolute atomic E-state index is 5.39. The number of ether oxygens (including phenoxy) is 1. The van der Waals surface area contributed by atoms with Gasteiger partial charge in [-0.25, -0.2) is 0 Å². The summed E-state index contributed by atoms with van der Waals surface area (Å²) in [6.07, 6.45) is 0. The number of hydrogen-bond acceptors (Lipinski definition) is 3. The molecule has 3 rings (SSSR count). The molecule has 2 aromatic rings. The second-order valence-electron chi connectivity index (χ2n) is 5.87. The van der Waals surface area contributed by atoms with Crippen molar-refractivity contribution in [2.24, 2.45) is 0 Å². The van der Waals surface area contributed by atoms with E-state index in [1.165, 1.54) is 22.4 Å². The molecular formula is C19H24N2O. The second-order valence-corrected chi connectivity index (χ2v) is 5.87. The van der Waals surface area contributed by atoms with Crippen LogP contribution in [0.25, 0.3) is 0 Å². The first-order valence-corrected chi connectivity index (χ1v) is 7.99. The van der Waals surface area contributed by atoms with Gasteiger partial charge in [0.1, 0.15) is 0 Å². The minimum Gasteiger partial charge on any atom is -0.381 e. The van der Waals surface area contributed by atoms with Gasteiger partial charge in [0.05, 0.1) is 13.2 Å². The average Bonchev–Trinajstić information content (AvgIpc) is 2.56. The lowest BCUT2D eigenvalue weighted by molar-refractivity contribution is 0.0342. The highest BCUT2D eigenvalue weighted by Crippen LogP contribution is 2.15. The van der Waals surface area contributed by atoms with Gasteiger partial charge in [0, 0.05) is 31.9 Å². The molecule has 0 spiro atoms. The SMILES string of the molecule is Cc1ccccc1CNc1ccc(CN2CCOCC2)cc1. The van der Waals surface area contributed by atoms with Gasteiger partial charge in [0.25, 0.3) is 0 Å². The van der Waals surface area contributed by atoms with E-state index >= 15 is 0 Å². The molecule has 1 fully saturated rings. The molecule has 22 heavy (non-hydrogen) atoms. The Bertz CT molecular complexity index is 589. The summed E-state index contributed by atoms with van der Waals surface area (Å²) in [5.41, 5.74) is 5.22. The van der Waals surface area contributed by atoms with Gasteiger partial charge >= 0.3 is 0 Å².